The number of benzene rings is 1. The molecule has 2 N–H and O–H groups in total. The number of rotatable bonds is 9. The van der Waals surface area contributed by atoms with E-state index in [4.69, 9.17) is 0 Å². The Kier molecular flexibility index (Phi) is 7.18. The molecule has 0 saturated carbocycles. The summed E-state index contributed by atoms with van der Waals surface area (Å²) < 4.78 is 27.5. The molecule has 5 heteroatoms. The first kappa shape index (κ1) is 18.0. The quantitative estimate of drug-likeness (QED) is 0.732. The predicted molar refractivity (Wildman–Crippen MR) is 89.1 cm³/mol. The summed E-state index contributed by atoms with van der Waals surface area (Å²) in [6.07, 6.45) is 2.98. The highest BCUT2D eigenvalue weighted by atomic mass is 32.2. The van der Waals surface area contributed by atoms with Crippen molar-refractivity contribution in [3.05, 3.63) is 24.3 Å². The van der Waals surface area contributed by atoms with Crippen molar-refractivity contribution >= 4 is 15.7 Å². The first-order valence-corrected chi connectivity index (χ1v) is 9.29. The lowest BCUT2D eigenvalue weighted by atomic mass is 9.96. The third-order valence-corrected chi connectivity index (χ3v) is 5.42. The number of hydrogen-bond acceptors (Lipinski definition) is 3. The summed E-state index contributed by atoms with van der Waals surface area (Å²) >= 11 is 0. The lowest BCUT2D eigenvalue weighted by Gasteiger charge is -2.22. The van der Waals surface area contributed by atoms with Crippen LogP contribution in [0.5, 0.6) is 0 Å². The Bertz CT molecular complexity index is 508. The lowest BCUT2D eigenvalue weighted by Crippen LogP contribution is -2.37. The molecule has 4 nitrogen and oxygen atoms in total. The summed E-state index contributed by atoms with van der Waals surface area (Å²) in [5.74, 6) is 0.366. The minimum Gasteiger partial charge on any atom is -0.385 e. The maximum absolute atomic E-state index is 12.4. The summed E-state index contributed by atoms with van der Waals surface area (Å²) in [6.45, 7) is 9.10. The highest BCUT2D eigenvalue weighted by Gasteiger charge is 2.21. The number of sulfonamides is 1. The first-order valence-electron chi connectivity index (χ1n) is 7.80. The monoisotopic (exact) mass is 312 g/mol. The SMILES string of the molecule is CCCNc1ccc(S(=O)(=O)NC(C)C(CC)CC)cc1. The van der Waals surface area contributed by atoms with Crippen LogP contribution >= 0.6 is 0 Å². The molecule has 1 unspecified atom stereocenters. The van der Waals surface area contributed by atoms with E-state index in [0.29, 0.717) is 10.8 Å². The normalized spacial score (nSPS) is 13.4. The van der Waals surface area contributed by atoms with Crippen LogP contribution in [0.15, 0.2) is 29.2 Å². The molecule has 0 aliphatic carbocycles. The molecule has 0 aliphatic rings. The van der Waals surface area contributed by atoms with E-state index in [1.54, 1.807) is 12.1 Å². The van der Waals surface area contributed by atoms with Crippen LogP contribution in [0.3, 0.4) is 0 Å². The van der Waals surface area contributed by atoms with E-state index in [1.165, 1.54) is 0 Å². The van der Waals surface area contributed by atoms with Crippen LogP contribution in [0, 0.1) is 5.92 Å². The number of nitrogens with one attached hydrogen (secondary N) is 2. The zero-order chi connectivity index (χ0) is 15.9. The average Bonchev–Trinajstić information content (AvgIpc) is 2.46. The van der Waals surface area contributed by atoms with Gasteiger partial charge in [0.2, 0.25) is 10.0 Å². The molecule has 0 aliphatic heterocycles. The second-order valence-corrected chi connectivity index (χ2v) is 7.15. The molecule has 0 fully saturated rings. The summed E-state index contributed by atoms with van der Waals surface area (Å²) in [5, 5.41) is 3.24. The third-order valence-electron chi connectivity index (χ3n) is 3.84. The molecule has 1 atom stereocenters. The maximum atomic E-state index is 12.4. The topological polar surface area (TPSA) is 58.2 Å². The molecule has 1 rings (SSSR count). The van der Waals surface area contributed by atoms with E-state index in [2.05, 4.69) is 30.8 Å². The van der Waals surface area contributed by atoms with E-state index in [-0.39, 0.29) is 6.04 Å². The maximum Gasteiger partial charge on any atom is 0.240 e. The Morgan fingerprint density at radius 2 is 1.62 bits per heavy atom. The molecule has 0 bridgehead atoms. The van der Waals surface area contributed by atoms with E-state index >= 15 is 0 Å². The van der Waals surface area contributed by atoms with E-state index in [0.717, 1.165) is 31.5 Å². The van der Waals surface area contributed by atoms with Crippen molar-refractivity contribution < 1.29 is 8.42 Å². The van der Waals surface area contributed by atoms with Gasteiger partial charge in [-0.2, -0.15) is 0 Å². The molecule has 1 aromatic rings. The largest absolute Gasteiger partial charge is 0.385 e. The smallest absolute Gasteiger partial charge is 0.240 e. The van der Waals surface area contributed by atoms with Gasteiger partial charge in [0.05, 0.1) is 4.90 Å². The average molecular weight is 312 g/mol. The summed E-state index contributed by atoms with van der Waals surface area (Å²) in [5.41, 5.74) is 0.948. The van der Waals surface area contributed by atoms with Gasteiger partial charge in [-0.25, -0.2) is 13.1 Å². The number of hydrogen-bond donors (Lipinski definition) is 2. The Morgan fingerprint density at radius 1 is 1.05 bits per heavy atom. The van der Waals surface area contributed by atoms with Gasteiger partial charge in [0.25, 0.3) is 0 Å². The van der Waals surface area contributed by atoms with Gasteiger partial charge in [0.15, 0.2) is 0 Å². The predicted octanol–water partition coefficient (Wildman–Crippen LogP) is 3.61. The third kappa shape index (κ3) is 5.32. The van der Waals surface area contributed by atoms with Gasteiger partial charge in [-0.05, 0) is 43.5 Å². The Balaban J connectivity index is 2.78. The molecule has 0 amide bonds. The van der Waals surface area contributed by atoms with Crippen molar-refractivity contribution in [2.24, 2.45) is 5.92 Å². The molecular weight excluding hydrogens is 284 g/mol. The Labute approximate surface area is 129 Å². The summed E-state index contributed by atoms with van der Waals surface area (Å²) in [4.78, 5) is 0.322. The van der Waals surface area contributed by atoms with Gasteiger partial charge in [-0.3, -0.25) is 0 Å². The molecule has 0 spiro atoms. The van der Waals surface area contributed by atoms with Crippen LogP contribution in [-0.2, 0) is 10.0 Å². The minimum atomic E-state index is -3.44. The van der Waals surface area contributed by atoms with E-state index in [9.17, 15) is 8.42 Å². The zero-order valence-corrected chi connectivity index (χ0v) is 14.3. The first-order chi connectivity index (χ1) is 9.94. The Morgan fingerprint density at radius 3 is 2.10 bits per heavy atom. The zero-order valence-electron chi connectivity index (χ0n) is 13.5. The van der Waals surface area contributed by atoms with Gasteiger partial charge in [-0.15, -0.1) is 0 Å². The standard InChI is InChI=1S/C16H28N2O2S/c1-5-12-17-15-8-10-16(11-9-15)21(19,20)18-13(4)14(6-2)7-3/h8-11,13-14,17-18H,5-7,12H2,1-4H3. The second-order valence-electron chi connectivity index (χ2n) is 5.44. The Hall–Kier alpha value is -1.07. The van der Waals surface area contributed by atoms with Crippen LogP contribution in [0.1, 0.15) is 47.0 Å². The molecule has 21 heavy (non-hydrogen) atoms. The van der Waals surface area contributed by atoms with Gasteiger partial charge >= 0.3 is 0 Å². The molecule has 0 saturated heterocycles. The van der Waals surface area contributed by atoms with Gasteiger partial charge in [0.1, 0.15) is 0 Å². The fraction of sp³-hybridized carbons (Fsp3) is 0.625. The molecule has 0 radical (unpaired) electrons. The van der Waals surface area contributed by atoms with Crippen LogP contribution in [0.2, 0.25) is 0 Å². The highest BCUT2D eigenvalue weighted by Crippen LogP contribution is 2.18. The van der Waals surface area contributed by atoms with Crippen molar-refractivity contribution in [3.63, 3.8) is 0 Å². The van der Waals surface area contributed by atoms with Crippen molar-refractivity contribution in [1.82, 2.24) is 4.72 Å². The lowest BCUT2D eigenvalue weighted by molar-refractivity contribution is 0.391. The molecule has 120 valence electrons. The highest BCUT2D eigenvalue weighted by molar-refractivity contribution is 7.89. The van der Waals surface area contributed by atoms with Crippen molar-refractivity contribution in [3.8, 4) is 0 Å². The van der Waals surface area contributed by atoms with Crippen molar-refractivity contribution in [2.45, 2.75) is 57.9 Å². The molecule has 0 aromatic heterocycles. The fourth-order valence-electron chi connectivity index (χ4n) is 2.43. The second kappa shape index (κ2) is 8.39. The molecule has 1 aromatic carbocycles. The summed E-state index contributed by atoms with van der Waals surface area (Å²) in [7, 11) is -3.44. The minimum absolute atomic E-state index is 0.0529. The van der Waals surface area contributed by atoms with Gasteiger partial charge in [0, 0.05) is 18.3 Å². The van der Waals surface area contributed by atoms with E-state index < -0.39 is 10.0 Å². The van der Waals surface area contributed by atoms with Crippen LogP contribution in [-0.4, -0.2) is 21.0 Å². The van der Waals surface area contributed by atoms with Crippen molar-refractivity contribution in [1.29, 1.82) is 0 Å². The fourth-order valence-corrected chi connectivity index (χ4v) is 3.74. The van der Waals surface area contributed by atoms with Gasteiger partial charge < -0.3 is 5.32 Å². The number of anilines is 1. The molecule has 0 heterocycles. The van der Waals surface area contributed by atoms with Gasteiger partial charge in [-0.1, -0.05) is 33.6 Å². The van der Waals surface area contributed by atoms with Crippen molar-refractivity contribution in [2.75, 3.05) is 11.9 Å². The van der Waals surface area contributed by atoms with Crippen LogP contribution in [0.25, 0.3) is 0 Å². The van der Waals surface area contributed by atoms with Crippen LogP contribution in [0.4, 0.5) is 5.69 Å². The summed E-state index contributed by atoms with van der Waals surface area (Å²) in [6, 6.07) is 6.88. The van der Waals surface area contributed by atoms with Crippen LogP contribution < -0.4 is 10.0 Å². The molecular formula is C16H28N2O2S. The van der Waals surface area contributed by atoms with E-state index in [1.807, 2.05) is 19.1 Å².